The second-order valence-electron chi connectivity index (χ2n) is 4.02. The number of rotatable bonds is 6. The van der Waals surface area contributed by atoms with Crippen LogP contribution >= 0.6 is 11.3 Å². The highest BCUT2D eigenvalue weighted by atomic mass is 32.1. The van der Waals surface area contributed by atoms with Crippen LogP contribution in [0.3, 0.4) is 0 Å². The summed E-state index contributed by atoms with van der Waals surface area (Å²) in [7, 11) is 0. The summed E-state index contributed by atoms with van der Waals surface area (Å²) < 4.78 is 0. The molecule has 0 spiro atoms. The molecule has 0 saturated heterocycles. The third-order valence-corrected chi connectivity index (χ3v) is 3.73. The highest BCUT2D eigenvalue weighted by Crippen LogP contribution is 2.31. The van der Waals surface area contributed by atoms with Crippen molar-refractivity contribution in [1.82, 2.24) is 4.98 Å². The summed E-state index contributed by atoms with van der Waals surface area (Å²) in [6.45, 7) is 2.17. The quantitative estimate of drug-likeness (QED) is 0.804. The number of nitrogens with one attached hydrogen (secondary N) is 1. The molecule has 0 unspecified atom stereocenters. The number of aryl methyl sites for hydroxylation is 1. The van der Waals surface area contributed by atoms with Gasteiger partial charge in [-0.1, -0.05) is 43.7 Å². The lowest BCUT2D eigenvalue weighted by Gasteiger charge is -2.00. The zero-order chi connectivity index (χ0) is 12.8. The van der Waals surface area contributed by atoms with Crippen LogP contribution in [0.1, 0.15) is 24.6 Å². The van der Waals surface area contributed by atoms with Gasteiger partial charge in [0, 0.05) is 10.4 Å². The molecule has 0 bridgehead atoms. The van der Waals surface area contributed by atoms with E-state index in [1.807, 2.05) is 18.2 Å². The van der Waals surface area contributed by atoms with Crippen LogP contribution in [0, 0.1) is 0 Å². The van der Waals surface area contributed by atoms with Crippen LogP contribution in [0.2, 0.25) is 0 Å². The fourth-order valence-electron chi connectivity index (χ4n) is 1.79. The van der Waals surface area contributed by atoms with E-state index in [9.17, 15) is 4.79 Å². The third-order valence-electron chi connectivity index (χ3n) is 2.68. The number of nitrogens with zero attached hydrogens (tertiary/aromatic N) is 1. The number of anilines is 1. The van der Waals surface area contributed by atoms with Gasteiger partial charge in [0.25, 0.3) is 0 Å². The lowest BCUT2D eigenvalue weighted by Crippen LogP contribution is -1.92. The molecule has 1 aromatic heterocycles. The van der Waals surface area contributed by atoms with E-state index in [-0.39, 0.29) is 0 Å². The topological polar surface area (TPSA) is 42.0 Å². The molecule has 0 aliphatic heterocycles. The Morgan fingerprint density at radius 2 is 2.11 bits per heavy atom. The summed E-state index contributed by atoms with van der Waals surface area (Å²) in [6, 6.07) is 10.1. The number of carbonyl (C=O) groups excluding carboxylic acids is 1. The monoisotopic (exact) mass is 260 g/mol. The first-order valence-electron chi connectivity index (χ1n) is 6.10. The van der Waals surface area contributed by atoms with Gasteiger partial charge in [-0.2, -0.15) is 0 Å². The molecule has 0 atom stereocenters. The minimum atomic E-state index is 0.676. The first-order chi connectivity index (χ1) is 8.85. The van der Waals surface area contributed by atoms with Crippen molar-refractivity contribution in [2.45, 2.75) is 26.2 Å². The predicted molar refractivity (Wildman–Crippen MR) is 75.8 cm³/mol. The second-order valence-corrected chi connectivity index (χ2v) is 5.11. The molecule has 0 saturated carbocycles. The van der Waals surface area contributed by atoms with Crippen molar-refractivity contribution in [3.05, 3.63) is 35.2 Å². The van der Waals surface area contributed by atoms with Crippen LogP contribution in [0.5, 0.6) is 0 Å². The molecular formula is C14H16N2OS. The number of aromatic nitrogens is 1. The normalized spacial score (nSPS) is 10.3. The van der Waals surface area contributed by atoms with Gasteiger partial charge in [0.15, 0.2) is 5.13 Å². The molecule has 18 heavy (non-hydrogen) atoms. The maximum absolute atomic E-state index is 10.5. The number of amides is 1. The molecule has 2 aromatic rings. The van der Waals surface area contributed by atoms with Crippen molar-refractivity contribution in [2.24, 2.45) is 0 Å². The maximum Gasteiger partial charge on any atom is 0.213 e. The van der Waals surface area contributed by atoms with E-state index in [4.69, 9.17) is 0 Å². The molecule has 0 radical (unpaired) electrons. The Kier molecular flexibility index (Phi) is 4.47. The Morgan fingerprint density at radius 3 is 2.78 bits per heavy atom. The van der Waals surface area contributed by atoms with Crippen molar-refractivity contribution in [1.29, 1.82) is 0 Å². The highest BCUT2D eigenvalue weighted by molar-refractivity contribution is 7.16. The summed E-state index contributed by atoms with van der Waals surface area (Å²) in [6.07, 6.45) is 3.99. The Hall–Kier alpha value is -1.68. The summed E-state index contributed by atoms with van der Waals surface area (Å²) in [4.78, 5) is 16.2. The Balaban J connectivity index is 2.34. The van der Waals surface area contributed by atoms with E-state index in [2.05, 4.69) is 29.4 Å². The van der Waals surface area contributed by atoms with Crippen LogP contribution in [0.4, 0.5) is 5.13 Å². The summed E-state index contributed by atoms with van der Waals surface area (Å²) in [5.41, 5.74) is 2.11. The number of hydrogen-bond donors (Lipinski definition) is 1. The molecule has 1 N–H and O–H groups in total. The molecular weight excluding hydrogens is 244 g/mol. The van der Waals surface area contributed by atoms with E-state index in [0.29, 0.717) is 11.5 Å². The average molecular weight is 260 g/mol. The molecule has 94 valence electrons. The summed E-state index contributed by atoms with van der Waals surface area (Å²) >= 11 is 1.57. The van der Waals surface area contributed by atoms with E-state index in [1.165, 1.54) is 4.88 Å². The smallest absolute Gasteiger partial charge is 0.213 e. The minimum Gasteiger partial charge on any atom is -0.305 e. The molecule has 1 heterocycles. The van der Waals surface area contributed by atoms with Gasteiger partial charge in [0.2, 0.25) is 6.41 Å². The number of thiazole rings is 1. The predicted octanol–water partition coefficient (Wildman–Crippen LogP) is 3.72. The third kappa shape index (κ3) is 2.96. The van der Waals surface area contributed by atoms with Crippen molar-refractivity contribution < 1.29 is 4.79 Å². The van der Waals surface area contributed by atoms with Crippen molar-refractivity contribution in [2.75, 3.05) is 5.32 Å². The number of benzene rings is 1. The molecule has 3 nitrogen and oxygen atoms in total. The minimum absolute atomic E-state index is 0.676. The fraction of sp³-hybridized carbons (Fsp3) is 0.286. The van der Waals surface area contributed by atoms with Gasteiger partial charge in [0.1, 0.15) is 0 Å². The van der Waals surface area contributed by atoms with Crippen LogP contribution in [-0.2, 0) is 11.2 Å². The number of unbranched alkanes of at least 4 members (excludes halogenated alkanes) is 1. The Bertz CT molecular complexity index is 508. The molecule has 1 amide bonds. The first kappa shape index (κ1) is 12.8. The second kappa shape index (κ2) is 6.31. The lowest BCUT2D eigenvalue weighted by atomic mass is 10.1. The molecule has 2 rings (SSSR count). The Labute approximate surface area is 111 Å². The number of hydrogen-bond acceptors (Lipinski definition) is 3. The largest absolute Gasteiger partial charge is 0.305 e. The van der Waals surface area contributed by atoms with Gasteiger partial charge in [-0.15, -0.1) is 11.3 Å². The van der Waals surface area contributed by atoms with Gasteiger partial charge in [-0.05, 0) is 12.8 Å². The molecule has 0 aliphatic rings. The van der Waals surface area contributed by atoms with Gasteiger partial charge in [0.05, 0.1) is 5.69 Å². The molecule has 4 heteroatoms. The fourth-order valence-corrected chi connectivity index (χ4v) is 2.78. The van der Waals surface area contributed by atoms with Crippen LogP contribution in [0.15, 0.2) is 30.3 Å². The first-order valence-corrected chi connectivity index (χ1v) is 6.92. The van der Waals surface area contributed by atoms with Gasteiger partial charge >= 0.3 is 0 Å². The highest BCUT2D eigenvalue weighted by Gasteiger charge is 2.12. The zero-order valence-corrected chi connectivity index (χ0v) is 11.2. The molecule has 0 aliphatic carbocycles. The van der Waals surface area contributed by atoms with E-state index in [0.717, 1.165) is 30.5 Å². The summed E-state index contributed by atoms with van der Waals surface area (Å²) in [5, 5.41) is 3.32. The lowest BCUT2D eigenvalue weighted by molar-refractivity contribution is -0.105. The van der Waals surface area contributed by atoms with Crippen LogP contribution in [-0.4, -0.2) is 11.4 Å². The SMILES string of the molecule is CCCCc1sc(NC=O)nc1-c1ccccc1. The van der Waals surface area contributed by atoms with Crippen molar-refractivity contribution in [3.63, 3.8) is 0 Å². The zero-order valence-electron chi connectivity index (χ0n) is 10.3. The Morgan fingerprint density at radius 1 is 1.33 bits per heavy atom. The van der Waals surface area contributed by atoms with Crippen molar-refractivity contribution >= 4 is 22.9 Å². The van der Waals surface area contributed by atoms with E-state index < -0.39 is 0 Å². The van der Waals surface area contributed by atoms with Crippen molar-refractivity contribution in [3.8, 4) is 11.3 Å². The van der Waals surface area contributed by atoms with E-state index >= 15 is 0 Å². The maximum atomic E-state index is 10.5. The van der Waals surface area contributed by atoms with Gasteiger partial charge in [-0.3, -0.25) is 4.79 Å². The molecule has 1 aromatic carbocycles. The standard InChI is InChI=1S/C14H16N2OS/c1-2-3-9-12-13(11-7-5-4-6-8-11)16-14(18-12)15-10-17/h4-8,10H,2-3,9H2,1H3,(H,15,16,17). The van der Waals surface area contributed by atoms with Crippen LogP contribution < -0.4 is 5.32 Å². The average Bonchev–Trinajstić information content (AvgIpc) is 2.81. The van der Waals surface area contributed by atoms with Gasteiger partial charge in [-0.25, -0.2) is 4.98 Å². The van der Waals surface area contributed by atoms with Crippen LogP contribution in [0.25, 0.3) is 11.3 Å². The molecule has 0 fully saturated rings. The number of carbonyl (C=O) groups is 1. The van der Waals surface area contributed by atoms with E-state index in [1.54, 1.807) is 11.3 Å². The summed E-state index contributed by atoms with van der Waals surface area (Å²) in [5.74, 6) is 0. The van der Waals surface area contributed by atoms with Gasteiger partial charge < -0.3 is 5.32 Å².